The van der Waals surface area contributed by atoms with Crippen LogP contribution in [-0.4, -0.2) is 88.7 Å². The summed E-state index contributed by atoms with van der Waals surface area (Å²) in [5.41, 5.74) is 5.33. The van der Waals surface area contributed by atoms with E-state index in [0.717, 1.165) is 0 Å². The molecule has 11 heteroatoms. The maximum atomic E-state index is 11.6. The van der Waals surface area contributed by atoms with Crippen molar-refractivity contribution in [2.45, 2.75) is 52.3 Å². The van der Waals surface area contributed by atoms with Crippen molar-refractivity contribution >= 4 is 17.9 Å². The summed E-state index contributed by atoms with van der Waals surface area (Å²) in [7, 11) is 0. The van der Waals surface area contributed by atoms with Gasteiger partial charge in [-0.15, -0.1) is 0 Å². The van der Waals surface area contributed by atoms with Crippen LogP contribution >= 0.6 is 0 Å². The van der Waals surface area contributed by atoms with Crippen molar-refractivity contribution in [3.05, 3.63) is 0 Å². The van der Waals surface area contributed by atoms with E-state index in [1.54, 1.807) is 6.92 Å². The lowest BCUT2D eigenvalue weighted by molar-refractivity contribution is -0.290. The third-order valence-electron chi connectivity index (χ3n) is 4.15. The fourth-order valence-electron chi connectivity index (χ4n) is 2.89. The van der Waals surface area contributed by atoms with Gasteiger partial charge in [-0.2, -0.15) is 0 Å². The molecule has 0 bridgehead atoms. The minimum atomic E-state index is -0.948. The molecule has 0 radical (unpaired) electrons. The highest BCUT2D eigenvalue weighted by Crippen LogP contribution is 2.31. The van der Waals surface area contributed by atoms with Crippen LogP contribution in [0.1, 0.15) is 27.7 Å². The SMILES string of the molecule is CC(=O)OC[C@H]1O[C@@H](OCCOCCOCCN)[C@H](C)[C@@H](OC(C)=O)[C@H]1OC(C)=O. The Labute approximate surface area is 176 Å². The monoisotopic (exact) mass is 435 g/mol. The minimum Gasteiger partial charge on any atom is -0.463 e. The van der Waals surface area contributed by atoms with Crippen molar-refractivity contribution < 1.29 is 47.5 Å². The van der Waals surface area contributed by atoms with Crippen LogP contribution in [0.15, 0.2) is 0 Å². The molecule has 1 rings (SSSR count). The molecule has 0 saturated carbocycles. The molecule has 30 heavy (non-hydrogen) atoms. The first-order chi connectivity index (χ1) is 14.3. The fourth-order valence-corrected chi connectivity index (χ4v) is 2.89. The number of nitrogens with two attached hydrogens (primary N) is 1. The molecule has 0 aliphatic carbocycles. The molecule has 0 aromatic rings. The zero-order valence-electron chi connectivity index (χ0n) is 18.0. The number of ether oxygens (including phenoxy) is 7. The van der Waals surface area contributed by atoms with E-state index < -0.39 is 48.4 Å². The topological polar surface area (TPSA) is 142 Å². The number of hydrogen-bond donors (Lipinski definition) is 1. The molecule has 0 aromatic heterocycles. The number of carbonyl (C=O) groups is 3. The molecule has 174 valence electrons. The molecule has 1 fully saturated rings. The highest BCUT2D eigenvalue weighted by atomic mass is 16.7. The Kier molecular flexibility index (Phi) is 12.5. The van der Waals surface area contributed by atoms with E-state index in [1.807, 2.05) is 0 Å². The van der Waals surface area contributed by atoms with E-state index in [-0.39, 0.29) is 13.2 Å². The quantitative estimate of drug-likeness (QED) is 0.233. The van der Waals surface area contributed by atoms with Crippen molar-refractivity contribution in [2.24, 2.45) is 11.7 Å². The van der Waals surface area contributed by atoms with Crippen LogP contribution < -0.4 is 5.73 Å². The van der Waals surface area contributed by atoms with Gasteiger partial charge in [0, 0.05) is 33.2 Å². The van der Waals surface area contributed by atoms with E-state index >= 15 is 0 Å². The highest BCUT2D eigenvalue weighted by Gasteiger charge is 2.48. The minimum absolute atomic E-state index is 0.188. The molecule has 2 N–H and O–H groups in total. The van der Waals surface area contributed by atoms with Crippen LogP contribution in [0.5, 0.6) is 0 Å². The van der Waals surface area contributed by atoms with Crippen molar-refractivity contribution in [3.8, 4) is 0 Å². The summed E-state index contributed by atoms with van der Waals surface area (Å²) in [6.45, 7) is 7.53. The van der Waals surface area contributed by atoms with E-state index in [0.29, 0.717) is 33.0 Å². The smallest absolute Gasteiger partial charge is 0.303 e. The predicted molar refractivity (Wildman–Crippen MR) is 102 cm³/mol. The summed E-state index contributed by atoms with van der Waals surface area (Å²) in [4.78, 5) is 34.4. The average Bonchev–Trinajstić information content (AvgIpc) is 2.66. The summed E-state index contributed by atoms with van der Waals surface area (Å²) in [5, 5.41) is 0. The van der Waals surface area contributed by atoms with Crippen molar-refractivity contribution in [2.75, 3.05) is 46.2 Å². The molecule has 1 heterocycles. The molecule has 1 aliphatic heterocycles. The van der Waals surface area contributed by atoms with Gasteiger partial charge >= 0.3 is 17.9 Å². The molecule has 5 atom stereocenters. The van der Waals surface area contributed by atoms with Gasteiger partial charge in [-0.25, -0.2) is 0 Å². The number of carbonyl (C=O) groups excluding carboxylic acids is 3. The molecule has 1 saturated heterocycles. The van der Waals surface area contributed by atoms with Crippen LogP contribution in [0.25, 0.3) is 0 Å². The number of rotatable bonds is 13. The summed E-state index contributed by atoms with van der Waals surface area (Å²) in [6.07, 6.45) is -3.44. The van der Waals surface area contributed by atoms with E-state index in [9.17, 15) is 14.4 Å². The van der Waals surface area contributed by atoms with E-state index in [4.69, 9.17) is 38.9 Å². The third kappa shape index (κ3) is 9.81. The van der Waals surface area contributed by atoms with Crippen molar-refractivity contribution in [1.29, 1.82) is 0 Å². The van der Waals surface area contributed by atoms with Gasteiger partial charge < -0.3 is 38.9 Å². The highest BCUT2D eigenvalue weighted by molar-refractivity contribution is 5.67. The Balaban J connectivity index is 2.71. The summed E-state index contributed by atoms with van der Waals surface area (Å²) in [6, 6.07) is 0. The second-order valence-corrected chi connectivity index (χ2v) is 6.74. The maximum Gasteiger partial charge on any atom is 0.303 e. The van der Waals surface area contributed by atoms with Crippen molar-refractivity contribution in [1.82, 2.24) is 0 Å². The van der Waals surface area contributed by atoms with Gasteiger partial charge in [0.2, 0.25) is 0 Å². The van der Waals surface area contributed by atoms with Crippen LogP contribution in [0.2, 0.25) is 0 Å². The largest absolute Gasteiger partial charge is 0.463 e. The standard InChI is InChI=1S/C19H33NO10/c1-12-17(28-14(3)22)18(29-15(4)23)16(11-27-13(2)21)30-19(12)26-10-9-25-8-7-24-6-5-20/h12,16-19H,5-11,20H2,1-4H3/t12-,16-,17-,18+,19-/m1/s1. The number of hydrogen-bond acceptors (Lipinski definition) is 11. The second kappa shape index (κ2) is 14.3. The van der Waals surface area contributed by atoms with Gasteiger partial charge in [0.05, 0.1) is 33.0 Å². The Morgan fingerprint density at radius 1 is 0.833 bits per heavy atom. The fraction of sp³-hybridized carbons (Fsp3) is 0.842. The second-order valence-electron chi connectivity index (χ2n) is 6.74. The maximum absolute atomic E-state index is 11.6. The zero-order valence-corrected chi connectivity index (χ0v) is 18.0. The lowest BCUT2D eigenvalue weighted by atomic mass is 9.92. The predicted octanol–water partition coefficient (Wildman–Crippen LogP) is -0.218. The lowest BCUT2D eigenvalue weighted by Crippen LogP contribution is -2.58. The van der Waals surface area contributed by atoms with E-state index in [1.165, 1.54) is 20.8 Å². The zero-order chi connectivity index (χ0) is 22.5. The first-order valence-corrected chi connectivity index (χ1v) is 9.86. The van der Waals surface area contributed by atoms with Crippen LogP contribution in [0, 0.1) is 5.92 Å². The Bertz CT molecular complexity index is 543. The Hall–Kier alpha value is -1.79. The molecular formula is C19H33NO10. The van der Waals surface area contributed by atoms with Gasteiger partial charge in [0.15, 0.2) is 12.4 Å². The normalized spacial score (nSPS) is 26.1. The van der Waals surface area contributed by atoms with Gasteiger partial charge in [-0.05, 0) is 0 Å². The van der Waals surface area contributed by atoms with E-state index in [2.05, 4.69) is 0 Å². The number of esters is 3. The molecule has 0 amide bonds. The van der Waals surface area contributed by atoms with Gasteiger partial charge in [0.25, 0.3) is 0 Å². The van der Waals surface area contributed by atoms with Gasteiger partial charge in [-0.3, -0.25) is 14.4 Å². The van der Waals surface area contributed by atoms with Gasteiger partial charge in [0.1, 0.15) is 18.8 Å². The Morgan fingerprint density at radius 2 is 1.40 bits per heavy atom. The van der Waals surface area contributed by atoms with Gasteiger partial charge in [-0.1, -0.05) is 6.92 Å². The molecule has 1 aliphatic rings. The van der Waals surface area contributed by atoms with Crippen LogP contribution in [0.4, 0.5) is 0 Å². The lowest BCUT2D eigenvalue weighted by Gasteiger charge is -2.43. The molecule has 0 aromatic carbocycles. The summed E-state index contributed by atoms with van der Waals surface area (Å²) in [5.74, 6) is -2.10. The first kappa shape index (κ1) is 26.2. The summed E-state index contributed by atoms with van der Waals surface area (Å²) < 4.78 is 38.0. The Morgan fingerprint density at radius 3 is 1.97 bits per heavy atom. The molecule has 11 nitrogen and oxygen atoms in total. The third-order valence-corrected chi connectivity index (χ3v) is 4.15. The molecule has 0 unspecified atom stereocenters. The molecule has 0 spiro atoms. The van der Waals surface area contributed by atoms with Crippen LogP contribution in [0.3, 0.4) is 0 Å². The van der Waals surface area contributed by atoms with Crippen molar-refractivity contribution in [3.63, 3.8) is 0 Å². The van der Waals surface area contributed by atoms with Crippen LogP contribution in [-0.2, 0) is 47.5 Å². The summed E-state index contributed by atoms with van der Waals surface area (Å²) >= 11 is 0. The average molecular weight is 435 g/mol. The molecular weight excluding hydrogens is 402 g/mol. The first-order valence-electron chi connectivity index (χ1n) is 9.86.